The molecule has 0 radical (unpaired) electrons. The Morgan fingerprint density at radius 2 is 2.25 bits per heavy atom. The zero-order chi connectivity index (χ0) is 19.6. The molecule has 148 valence electrons. The number of anilines is 1. The first-order valence-corrected chi connectivity index (χ1v) is 9.60. The maximum atomic E-state index is 12.8. The molecule has 2 amide bonds. The summed E-state index contributed by atoms with van der Waals surface area (Å²) in [5, 5.41) is 2.99. The molecule has 1 unspecified atom stereocenters. The molecule has 1 aliphatic heterocycles. The lowest BCUT2D eigenvalue weighted by molar-refractivity contribution is 0.0747. The highest BCUT2D eigenvalue weighted by molar-refractivity contribution is 5.90. The van der Waals surface area contributed by atoms with Crippen LogP contribution in [0.4, 0.5) is 10.5 Å². The molecule has 1 fully saturated rings. The van der Waals surface area contributed by atoms with Gasteiger partial charge >= 0.3 is 6.03 Å². The van der Waals surface area contributed by atoms with Gasteiger partial charge in [-0.3, -0.25) is 4.98 Å². The third kappa shape index (κ3) is 6.18. The molecule has 6 heteroatoms. The lowest BCUT2D eigenvalue weighted by Crippen LogP contribution is -2.42. The Morgan fingerprint density at radius 1 is 1.32 bits per heavy atom. The summed E-state index contributed by atoms with van der Waals surface area (Å²) in [6, 6.07) is 13.4. The number of methoxy groups -OCH3 is 1. The Labute approximate surface area is 166 Å². The fourth-order valence-corrected chi connectivity index (χ4v) is 3.09. The van der Waals surface area contributed by atoms with E-state index in [4.69, 9.17) is 9.47 Å². The van der Waals surface area contributed by atoms with Crippen LogP contribution in [0.1, 0.15) is 24.1 Å². The molecule has 1 aliphatic rings. The van der Waals surface area contributed by atoms with E-state index in [1.54, 1.807) is 18.2 Å². The fourth-order valence-electron chi connectivity index (χ4n) is 3.09. The summed E-state index contributed by atoms with van der Waals surface area (Å²) in [5.41, 5.74) is 2.63. The van der Waals surface area contributed by atoms with Crippen LogP contribution in [-0.4, -0.2) is 55.4 Å². The van der Waals surface area contributed by atoms with Gasteiger partial charge in [-0.25, -0.2) is 4.79 Å². The molecule has 1 aromatic heterocycles. The Hall–Kier alpha value is -2.70. The Morgan fingerprint density at radius 3 is 3.00 bits per heavy atom. The number of pyridine rings is 1. The SMILES string of the molecule is COCCN(CC1CCCO1)C(=O)Nc1cccc(C=Cc2ccccn2)c1. The summed E-state index contributed by atoms with van der Waals surface area (Å²) >= 11 is 0. The van der Waals surface area contributed by atoms with E-state index < -0.39 is 0 Å². The van der Waals surface area contributed by atoms with Crippen LogP contribution < -0.4 is 5.32 Å². The van der Waals surface area contributed by atoms with Gasteiger partial charge in [0, 0.05) is 38.7 Å². The highest BCUT2D eigenvalue weighted by Crippen LogP contribution is 2.16. The van der Waals surface area contributed by atoms with Crippen LogP contribution >= 0.6 is 0 Å². The average Bonchev–Trinajstić information content (AvgIpc) is 3.24. The second-order valence-electron chi connectivity index (χ2n) is 6.72. The molecule has 1 atom stereocenters. The van der Waals surface area contributed by atoms with E-state index in [1.165, 1.54) is 0 Å². The van der Waals surface area contributed by atoms with Gasteiger partial charge in [0.2, 0.25) is 0 Å². The molecule has 1 saturated heterocycles. The molecule has 2 heterocycles. The van der Waals surface area contributed by atoms with Crippen LogP contribution in [0.15, 0.2) is 48.7 Å². The predicted octanol–water partition coefficient (Wildman–Crippen LogP) is 3.91. The molecule has 0 bridgehead atoms. The summed E-state index contributed by atoms with van der Waals surface area (Å²) in [5.74, 6) is 0. The van der Waals surface area contributed by atoms with Crippen LogP contribution in [0.5, 0.6) is 0 Å². The zero-order valence-corrected chi connectivity index (χ0v) is 16.2. The van der Waals surface area contributed by atoms with Gasteiger partial charge in [-0.15, -0.1) is 0 Å². The number of aromatic nitrogens is 1. The standard InChI is InChI=1S/C22H27N3O3/c1-27-15-13-25(17-21-9-5-14-28-21)22(26)24-20-8-4-6-18(16-20)10-11-19-7-2-3-12-23-19/h2-4,6-8,10-12,16,21H,5,9,13-15,17H2,1H3,(H,24,26). The smallest absolute Gasteiger partial charge is 0.322 e. The maximum absolute atomic E-state index is 12.8. The van der Waals surface area contributed by atoms with E-state index in [1.807, 2.05) is 54.6 Å². The summed E-state index contributed by atoms with van der Waals surface area (Å²) in [6.45, 7) is 2.37. The lowest BCUT2D eigenvalue weighted by Gasteiger charge is -2.25. The summed E-state index contributed by atoms with van der Waals surface area (Å²) < 4.78 is 10.8. The first-order valence-electron chi connectivity index (χ1n) is 9.60. The number of benzene rings is 1. The van der Waals surface area contributed by atoms with E-state index in [0.29, 0.717) is 19.7 Å². The van der Waals surface area contributed by atoms with Crippen LogP contribution in [0.3, 0.4) is 0 Å². The number of carbonyl (C=O) groups excluding carboxylic acids is 1. The summed E-state index contributed by atoms with van der Waals surface area (Å²) in [4.78, 5) is 18.8. The number of nitrogens with zero attached hydrogens (tertiary/aromatic N) is 2. The molecule has 6 nitrogen and oxygen atoms in total. The Kier molecular flexibility index (Phi) is 7.58. The van der Waals surface area contributed by atoms with Crippen molar-refractivity contribution in [2.75, 3.05) is 38.7 Å². The number of hydrogen-bond donors (Lipinski definition) is 1. The lowest BCUT2D eigenvalue weighted by atomic mass is 10.1. The normalized spacial score (nSPS) is 16.4. The third-order valence-electron chi connectivity index (χ3n) is 4.57. The zero-order valence-electron chi connectivity index (χ0n) is 16.2. The van der Waals surface area contributed by atoms with Crippen molar-refractivity contribution < 1.29 is 14.3 Å². The number of carbonyl (C=O) groups is 1. The Bertz CT molecular complexity index is 774. The van der Waals surface area contributed by atoms with Crippen LogP contribution in [0, 0.1) is 0 Å². The minimum absolute atomic E-state index is 0.107. The highest BCUT2D eigenvalue weighted by atomic mass is 16.5. The number of amides is 2. The van der Waals surface area contributed by atoms with Crippen molar-refractivity contribution in [3.63, 3.8) is 0 Å². The number of hydrogen-bond acceptors (Lipinski definition) is 4. The number of rotatable bonds is 8. The first-order chi connectivity index (χ1) is 13.7. The van der Waals surface area contributed by atoms with Crippen molar-refractivity contribution in [3.8, 4) is 0 Å². The predicted molar refractivity (Wildman–Crippen MR) is 111 cm³/mol. The third-order valence-corrected chi connectivity index (χ3v) is 4.57. The molecule has 2 aromatic rings. The van der Waals surface area contributed by atoms with Gasteiger partial charge < -0.3 is 19.7 Å². The van der Waals surface area contributed by atoms with E-state index >= 15 is 0 Å². The van der Waals surface area contributed by atoms with Gasteiger partial charge in [0.05, 0.1) is 18.4 Å². The summed E-state index contributed by atoms with van der Waals surface area (Å²) in [6.07, 6.45) is 7.84. The van der Waals surface area contributed by atoms with Crippen molar-refractivity contribution in [3.05, 3.63) is 59.9 Å². The number of ether oxygens (including phenoxy) is 2. The largest absolute Gasteiger partial charge is 0.383 e. The van der Waals surface area contributed by atoms with Crippen molar-refractivity contribution in [2.45, 2.75) is 18.9 Å². The van der Waals surface area contributed by atoms with E-state index in [0.717, 1.165) is 36.4 Å². The van der Waals surface area contributed by atoms with Crippen molar-refractivity contribution in [1.29, 1.82) is 0 Å². The van der Waals surface area contributed by atoms with Gasteiger partial charge in [-0.2, -0.15) is 0 Å². The van der Waals surface area contributed by atoms with E-state index in [2.05, 4.69) is 10.3 Å². The molecule has 0 saturated carbocycles. The number of nitrogens with one attached hydrogen (secondary N) is 1. The summed E-state index contributed by atoms with van der Waals surface area (Å²) in [7, 11) is 1.64. The van der Waals surface area contributed by atoms with Gasteiger partial charge in [-0.05, 0) is 48.7 Å². The van der Waals surface area contributed by atoms with Crippen molar-refractivity contribution in [1.82, 2.24) is 9.88 Å². The van der Waals surface area contributed by atoms with E-state index in [9.17, 15) is 4.79 Å². The van der Waals surface area contributed by atoms with Crippen LogP contribution in [-0.2, 0) is 9.47 Å². The molecular weight excluding hydrogens is 354 g/mol. The van der Waals surface area contributed by atoms with Crippen LogP contribution in [0.2, 0.25) is 0 Å². The second-order valence-corrected chi connectivity index (χ2v) is 6.72. The molecule has 3 rings (SSSR count). The monoisotopic (exact) mass is 381 g/mol. The van der Waals surface area contributed by atoms with Gasteiger partial charge in [0.1, 0.15) is 0 Å². The molecule has 28 heavy (non-hydrogen) atoms. The molecule has 0 aliphatic carbocycles. The van der Waals surface area contributed by atoms with Crippen molar-refractivity contribution >= 4 is 23.9 Å². The second kappa shape index (κ2) is 10.6. The van der Waals surface area contributed by atoms with Gasteiger partial charge in [0.25, 0.3) is 0 Å². The van der Waals surface area contributed by atoms with Crippen LogP contribution in [0.25, 0.3) is 12.2 Å². The van der Waals surface area contributed by atoms with E-state index in [-0.39, 0.29) is 12.1 Å². The molecule has 1 aromatic carbocycles. The molecule has 0 spiro atoms. The topological polar surface area (TPSA) is 63.7 Å². The quantitative estimate of drug-likeness (QED) is 0.753. The Balaban J connectivity index is 1.63. The maximum Gasteiger partial charge on any atom is 0.322 e. The van der Waals surface area contributed by atoms with Crippen molar-refractivity contribution in [2.24, 2.45) is 0 Å². The minimum atomic E-state index is -0.140. The average molecular weight is 381 g/mol. The fraction of sp³-hybridized carbons (Fsp3) is 0.364. The first kappa shape index (κ1) is 20.0. The highest BCUT2D eigenvalue weighted by Gasteiger charge is 2.22. The van der Waals surface area contributed by atoms with Gasteiger partial charge in [-0.1, -0.05) is 24.3 Å². The molecular formula is C22H27N3O3. The minimum Gasteiger partial charge on any atom is -0.383 e. The molecule has 1 N–H and O–H groups in total. The van der Waals surface area contributed by atoms with Gasteiger partial charge in [0.15, 0.2) is 0 Å². The number of urea groups is 1.